The Morgan fingerprint density at radius 2 is 1.95 bits per heavy atom. The van der Waals surface area contributed by atoms with E-state index in [0.29, 0.717) is 13.0 Å². The molecule has 3 N–H and O–H groups in total. The molecule has 1 heterocycles. The van der Waals surface area contributed by atoms with E-state index in [0.717, 1.165) is 44.2 Å². The van der Waals surface area contributed by atoms with Crippen molar-refractivity contribution in [3.8, 4) is 0 Å². The van der Waals surface area contributed by atoms with Crippen LogP contribution >= 0.6 is 0 Å². The third-order valence-corrected chi connectivity index (χ3v) is 5.15. The summed E-state index contributed by atoms with van der Waals surface area (Å²) in [5.41, 5.74) is 5.23. The lowest BCUT2D eigenvalue weighted by Gasteiger charge is -2.33. The first-order valence-electron chi connectivity index (χ1n) is 7.89. The fourth-order valence-corrected chi connectivity index (χ4v) is 3.48. The lowest BCUT2D eigenvalue weighted by atomic mass is 9.93. The number of nitrogens with zero attached hydrogens (tertiary/aromatic N) is 1. The Morgan fingerprint density at radius 3 is 2.55 bits per heavy atom. The van der Waals surface area contributed by atoms with E-state index in [9.17, 15) is 9.59 Å². The molecule has 0 bridgehead atoms. The number of hydrogen-bond acceptors (Lipinski definition) is 2. The topological polar surface area (TPSA) is 75.4 Å². The molecule has 1 atom stereocenters. The molecule has 0 aromatic rings. The van der Waals surface area contributed by atoms with Crippen LogP contribution in [0.25, 0.3) is 0 Å². The van der Waals surface area contributed by atoms with E-state index in [1.54, 1.807) is 0 Å². The molecule has 3 aliphatic rings. The van der Waals surface area contributed by atoms with Crippen LogP contribution in [0.2, 0.25) is 0 Å². The summed E-state index contributed by atoms with van der Waals surface area (Å²) < 4.78 is 0. The summed E-state index contributed by atoms with van der Waals surface area (Å²) in [5, 5.41) is 3.02. The number of urea groups is 1. The van der Waals surface area contributed by atoms with Gasteiger partial charge >= 0.3 is 6.03 Å². The maximum absolute atomic E-state index is 12.2. The van der Waals surface area contributed by atoms with Gasteiger partial charge in [-0.3, -0.25) is 4.79 Å². The average molecular weight is 279 g/mol. The largest absolute Gasteiger partial charge is 0.370 e. The molecule has 0 radical (unpaired) electrons. The third kappa shape index (κ3) is 3.25. The minimum atomic E-state index is -0.261. The molecule has 0 aromatic carbocycles. The maximum atomic E-state index is 12.2. The SMILES string of the molecule is NC(=O)CC1(CNC(=O)N2CCCC(C3CC3)C2)CC1. The van der Waals surface area contributed by atoms with Crippen LogP contribution in [0.3, 0.4) is 0 Å². The summed E-state index contributed by atoms with van der Waals surface area (Å²) in [7, 11) is 0. The molecule has 2 aliphatic carbocycles. The maximum Gasteiger partial charge on any atom is 0.317 e. The number of nitrogens with two attached hydrogens (primary N) is 1. The molecule has 1 unspecified atom stereocenters. The van der Waals surface area contributed by atoms with Crippen LogP contribution in [0.4, 0.5) is 4.79 Å². The van der Waals surface area contributed by atoms with Crippen LogP contribution in [-0.2, 0) is 4.79 Å². The normalized spacial score (nSPS) is 28.0. The minimum absolute atomic E-state index is 0.0345. The smallest absolute Gasteiger partial charge is 0.317 e. The van der Waals surface area contributed by atoms with Gasteiger partial charge in [-0.05, 0) is 55.8 Å². The zero-order valence-corrected chi connectivity index (χ0v) is 12.1. The van der Waals surface area contributed by atoms with Gasteiger partial charge in [-0.1, -0.05) is 0 Å². The molecule has 0 aromatic heterocycles. The highest BCUT2D eigenvalue weighted by molar-refractivity contribution is 5.76. The Labute approximate surface area is 120 Å². The van der Waals surface area contributed by atoms with E-state index in [-0.39, 0.29) is 17.4 Å². The highest BCUT2D eigenvalue weighted by Gasteiger charge is 2.44. The second kappa shape index (κ2) is 5.26. The number of likely N-dealkylation sites (tertiary alicyclic amines) is 1. The molecule has 3 fully saturated rings. The molecule has 1 aliphatic heterocycles. The minimum Gasteiger partial charge on any atom is -0.370 e. The molecule has 2 saturated carbocycles. The lowest BCUT2D eigenvalue weighted by Crippen LogP contribution is -2.47. The van der Waals surface area contributed by atoms with E-state index in [4.69, 9.17) is 5.73 Å². The van der Waals surface area contributed by atoms with Gasteiger partial charge in [0, 0.05) is 26.1 Å². The summed E-state index contributed by atoms with van der Waals surface area (Å²) in [6.07, 6.45) is 7.50. The fraction of sp³-hybridized carbons (Fsp3) is 0.867. The number of carbonyl (C=O) groups excluding carboxylic acids is 2. The molecular formula is C15H25N3O2. The molecule has 1 saturated heterocycles. The Balaban J connectivity index is 1.45. The van der Waals surface area contributed by atoms with Gasteiger partial charge in [0.05, 0.1) is 0 Å². The zero-order chi connectivity index (χ0) is 14.2. The van der Waals surface area contributed by atoms with Crippen LogP contribution in [0.1, 0.15) is 44.9 Å². The van der Waals surface area contributed by atoms with Crippen LogP contribution in [0.15, 0.2) is 0 Å². The zero-order valence-electron chi connectivity index (χ0n) is 12.1. The van der Waals surface area contributed by atoms with Crippen LogP contribution < -0.4 is 11.1 Å². The fourth-order valence-electron chi connectivity index (χ4n) is 3.48. The molecular weight excluding hydrogens is 254 g/mol. The highest BCUT2D eigenvalue weighted by atomic mass is 16.2. The first-order valence-corrected chi connectivity index (χ1v) is 7.89. The molecule has 112 valence electrons. The Hall–Kier alpha value is -1.26. The van der Waals surface area contributed by atoms with Gasteiger partial charge in [-0.2, -0.15) is 0 Å². The van der Waals surface area contributed by atoms with Crippen molar-refractivity contribution in [1.82, 2.24) is 10.2 Å². The third-order valence-electron chi connectivity index (χ3n) is 5.15. The summed E-state index contributed by atoms with van der Waals surface area (Å²) in [6, 6.07) is 0.0473. The van der Waals surface area contributed by atoms with Crippen molar-refractivity contribution in [1.29, 1.82) is 0 Å². The van der Waals surface area contributed by atoms with Crippen LogP contribution in [-0.4, -0.2) is 36.5 Å². The Kier molecular flexibility index (Phi) is 3.61. The quantitative estimate of drug-likeness (QED) is 0.799. The van der Waals surface area contributed by atoms with Crippen molar-refractivity contribution in [3.05, 3.63) is 0 Å². The van der Waals surface area contributed by atoms with Crippen LogP contribution in [0.5, 0.6) is 0 Å². The standard InChI is InChI=1S/C15H25N3O2/c16-13(19)8-15(5-6-15)10-17-14(20)18-7-1-2-12(9-18)11-3-4-11/h11-12H,1-10H2,(H2,16,19)(H,17,20). The first kappa shape index (κ1) is 13.7. The summed E-state index contributed by atoms with van der Waals surface area (Å²) >= 11 is 0. The summed E-state index contributed by atoms with van der Waals surface area (Å²) in [6.45, 7) is 2.39. The van der Waals surface area contributed by atoms with Gasteiger partial charge in [-0.25, -0.2) is 4.79 Å². The number of amides is 3. The molecule has 0 spiro atoms. The van der Waals surface area contributed by atoms with Gasteiger partial charge in [0.25, 0.3) is 0 Å². The number of piperidine rings is 1. The molecule has 3 rings (SSSR count). The second-order valence-electron chi connectivity index (χ2n) is 6.99. The van der Waals surface area contributed by atoms with Crippen LogP contribution in [0, 0.1) is 17.3 Å². The molecule has 20 heavy (non-hydrogen) atoms. The van der Waals surface area contributed by atoms with E-state index in [2.05, 4.69) is 5.32 Å². The summed E-state index contributed by atoms with van der Waals surface area (Å²) in [5.74, 6) is 1.33. The molecule has 5 nitrogen and oxygen atoms in total. The highest BCUT2D eigenvalue weighted by Crippen LogP contribution is 2.48. The monoisotopic (exact) mass is 279 g/mol. The predicted molar refractivity (Wildman–Crippen MR) is 75.9 cm³/mol. The van der Waals surface area contributed by atoms with E-state index in [1.165, 1.54) is 19.3 Å². The number of carbonyl (C=O) groups is 2. The number of primary amides is 1. The Morgan fingerprint density at radius 1 is 1.20 bits per heavy atom. The van der Waals surface area contributed by atoms with E-state index < -0.39 is 0 Å². The first-order chi connectivity index (χ1) is 9.58. The van der Waals surface area contributed by atoms with Gasteiger partial charge in [0.15, 0.2) is 0 Å². The molecule has 3 amide bonds. The van der Waals surface area contributed by atoms with E-state index in [1.807, 2.05) is 4.90 Å². The lowest BCUT2D eigenvalue weighted by molar-refractivity contribution is -0.119. The van der Waals surface area contributed by atoms with Crippen molar-refractivity contribution in [3.63, 3.8) is 0 Å². The van der Waals surface area contributed by atoms with Crippen molar-refractivity contribution < 1.29 is 9.59 Å². The Bertz CT molecular complexity index is 402. The van der Waals surface area contributed by atoms with Gasteiger partial charge in [0.1, 0.15) is 0 Å². The van der Waals surface area contributed by atoms with E-state index >= 15 is 0 Å². The van der Waals surface area contributed by atoms with Crippen molar-refractivity contribution in [2.45, 2.75) is 44.9 Å². The van der Waals surface area contributed by atoms with Gasteiger partial charge in [-0.15, -0.1) is 0 Å². The average Bonchev–Trinajstić information content (AvgIpc) is 3.31. The number of nitrogens with one attached hydrogen (secondary N) is 1. The van der Waals surface area contributed by atoms with Crippen molar-refractivity contribution in [2.75, 3.05) is 19.6 Å². The van der Waals surface area contributed by atoms with Crippen molar-refractivity contribution >= 4 is 11.9 Å². The van der Waals surface area contributed by atoms with Gasteiger partial charge < -0.3 is 16.0 Å². The number of hydrogen-bond donors (Lipinski definition) is 2. The predicted octanol–water partition coefficient (Wildman–Crippen LogP) is 1.47. The summed E-state index contributed by atoms with van der Waals surface area (Å²) in [4.78, 5) is 25.2. The molecule has 5 heteroatoms. The second-order valence-corrected chi connectivity index (χ2v) is 6.99. The number of rotatable bonds is 5. The van der Waals surface area contributed by atoms with Crippen molar-refractivity contribution in [2.24, 2.45) is 23.0 Å². The van der Waals surface area contributed by atoms with Gasteiger partial charge in [0.2, 0.25) is 5.91 Å².